The van der Waals surface area contributed by atoms with Crippen molar-refractivity contribution in [1.29, 1.82) is 0 Å². The second-order valence-electron chi connectivity index (χ2n) is 6.88. The summed E-state index contributed by atoms with van der Waals surface area (Å²) in [7, 11) is -3.58. The lowest BCUT2D eigenvalue weighted by Crippen LogP contribution is -2.32. The average molecular weight is 523 g/mol. The lowest BCUT2D eigenvalue weighted by Gasteiger charge is -2.17. The average Bonchev–Trinajstić information content (AvgIpc) is 3.19. The van der Waals surface area contributed by atoms with E-state index in [9.17, 15) is 22.0 Å². The largest absolute Gasteiger partial charge is 0.435 e. The Morgan fingerprint density at radius 3 is 2.60 bits per heavy atom. The van der Waals surface area contributed by atoms with Crippen LogP contribution in [0.15, 0.2) is 51.8 Å². The Balaban J connectivity index is 1.63. The summed E-state index contributed by atoms with van der Waals surface area (Å²) in [5, 5.41) is -0.244. The molecule has 1 fully saturated rings. The van der Waals surface area contributed by atoms with Crippen LogP contribution in [0.2, 0.25) is 5.02 Å². The van der Waals surface area contributed by atoms with Gasteiger partial charge in [-0.2, -0.15) is 8.78 Å². The maximum atomic E-state index is 12.8. The molecule has 1 aliphatic heterocycles. The number of aryl methyl sites for hydroxylation is 1. The van der Waals surface area contributed by atoms with E-state index in [1.165, 1.54) is 35.2 Å². The molecule has 0 aliphatic carbocycles. The zero-order valence-electron chi connectivity index (χ0n) is 15.7. The fourth-order valence-electron chi connectivity index (χ4n) is 3.38. The number of sulfone groups is 1. The molecule has 1 amide bonds. The molecule has 1 atom stereocenters. The highest BCUT2D eigenvalue weighted by Crippen LogP contribution is 2.28. The van der Waals surface area contributed by atoms with Crippen molar-refractivity contribution in [1.82, 2.24) is 4.90 Å². The number of rotatable bonds is 7. The molecule has 1 saturated heterocycles. The third kappa shape index (κ3) is 5.50. The Kier molecular flexibility index (Phi) is 7.36. The van der Waals surface area contributed by atoms with E-state index in [0.717, 1.165) is 0 Å². The van der Waals surface area contributed by atoms with E-state index in [2.05, 4.69) is 20.7 Å². The van der Waals surface area contributed by atoms with Gasteiger partial charge in [0, 0.05) is 29.0 Å². The van der Waals surface area contributed by atoms with Gasteiger partial charge in [-0.05, 0) is 60.9 Å². The van der Waals surface area contributed by atoms with E-state index in [0.29, 0.717) is 28.0 Å². The standard InChI is InChI=1S/C20H19BrClF2NO4S/c21-14-2-7-18(29-20(23)24)13(11-14)1-8-19(26)25-10-9-17(12-25)30(27,28)16-5-3-15(22)4-6-16/h2-7,11,17,20H,1,8-10,12H2. The Morgan fingerprint density at radius 2 is 1.93 bits per heavy atom. The Labute approximate surface area is 187 Å². The van der Waals surface area contributed by atoms with Gasteiger partial charge < -0.3 is 9.64 Å². The van der Waals surface area contributed by atoms with E-state index in [4.69, 9.17) is 11.6 Å². The first-order valence-electron chi connectivity index (χ1n) is 9.17. The minimum atomic E-state index is -3.58. The first kappa shape index (κ1) is 23.0. The van der Waals surface area contributed by atoms with Gasteiger partial charge in [-0.1, -0.05) is 27.5 Å². The molecule has 10 heteroatoms. The van der Waals surface area contributed by atoms with Gasteiger partial charge >= 0.3 is 6.61 Å². The summed E-state index contributed by atoms with van der Waals surface area (Å²) in [5.74, 6) is -0.211. The molecule has 0 spiro atoms. The number of hydrogen-bond donors (Lipinski definition) is 0. The first-order valence-corrected chi connectivity index (χ1v) is 11.9. The third-order valence-corrected chi connectivity index (χ3v) is 7.86. The SMILES string of the molecule is O=C(CCc1cc(Br)ccc1OC(F)F)N1CCC(S(=O)(=O)c2ccc(Cl)cc2)C1. The van der Waals surface area contributed by atoms with E-state index in [1.807, 2.05) is 0 Å². The quantitative estimate of drug-likeness (QED) is 0.528. The van der Waals surface area contributed by atoms with Gasteiger partial charge in [0.1, 0.15) is 5.75 Å². The van der Waals surface area contributed by atoms with Gasteiger partial charge in [0.15, 0.2) is 9.84 Å². The van der Waals surface area contributed by atoms with Crippen LogP contribution in [-0.4, -0.2) is 44.2 Å². The summed E-state index contributed by atoms with van der Waals surface area (Å²) in [6, 6.07) is 10.6. The molecule has 0 aromatic heterocycles. The van der Waals surface area contributed by atoms with Crippen LogP contribution >= 0.6 is 27.5 Å². The van der Waals surface area contributed by atoms with Gasteiger partial charge in [-0.3, -0.25) is 4.79 Å². The van der Waals surface area contributed by atoms with Crippen LogP contribution in [0.5, 0.6) is 5.75 Å². The van der Waals surface area contributed by atoms with Crippen molar-refractivity contribution >= 4 is 43.3 Å². The predicted octanol–water partition coefficient (Wildman–Crippen LogP) is 4.71. The van der Waals surface area contributed by atoms with E-state index in [-0.39, 0.29) is 35.9 Å². The fourth-order valence-corrected chi connectivity index (χ4v) is 5.61. The molecule has 0 N–H and O–H groups in total. The van der Waals surface area contributed by atoms with Crippen molar-refractivity contribution in [2.75, 3.05) is 13.1 Å². The number of nitrogens with zero attached hydrogens (tertiary/aromatic N) is 1. The van der Waals surface area contributed by atoms with Crippen molar-refractivity contribution in [2.45, 2.75) is 36.0 Å². The molecule has 1 unspecified atom stereocenters. The molecule has 0 bridgehead atoms. The zero-order chi connectivity index (χ0) is 21.9. The Bertz CT molecular complexity index is 1020. The second-order valence-corrected chi connectivity index (χ2v) is 10.5. The van der Waals surface area contributed by atoms with E-state index < -0.39 is 21.7 Å². The van der Waals surface area contributed by atoms with Crippen LogP contribution in [-0.2, 0) is 21.1 Å². The Morgan fingerprint density at radius 1 is 1.23 bits per heavy atom. The minimum Gasteiger partial charge on any atom is -0.435 e. The number of alkyl halides is 2. The topological polar surface area (TPSA) is 63.7 Å². The second kappa shape index (κ2) is 9.62. The number of likely N-dealkylation sites (tertiary alicyclic amines) is 1. The highest BCUT2D eigenvalue weighted by atomic mass is 79.9. The lowest BCUT2D eigenvalue weighted by molar-refractivity contribution is -0.130. The highest BCUT2D eigenvalue weighted by molar-refractivity contribution is 9.10. The predicted molar refractivity (Wildman–Crippen MR) is 113 cm³/mol. The van der Waals surface area contributed by atoms with Crippen LogP contribution in [0.25, 0.3) is 0 Å². The normalized spacial score (nSPS) is 16.8. The molecule has 0 saturated carbocycles. The molecule has 2 aromatic rings. The molecular formula is C20H19BrClF2NO4S. The van der Waals surface area contributed by atoms with Crippen molar-refractivity contribution in [2.24, 2.45) is 0 Å². The number of carbonyl (C=O) groups excluding carboxylic acids is 1. The molecule has 2 aromatic carbocycles. The Hall–Kier alpha value is -1.71. The van der Waals surface area contributed by atoms with Gasteiger partial charge in [-0.25, -0.2) is 8.42 Å². The fraction of sp³-hybridized carbons (Fsp3) is 0.350. The lowest BCUT2D eigenvalue weighted by atomic mass is 10.1. The van der Waals surface area contributed by atoms with Gasteiger partial charge in [-0.15, -0.1) is 0 Å². The summed E-state index contributed by atoms with van der Waals surface area (Å²) in [6.07, 6.45) is 0.600. The number of amides is 1. The van der Waals surface area contributed by atoms with E-state index in [1.54, 1.807) is 12.1 Å². The van der Waals surface area contributed by atoms with Gasteiger partial charge in [0.25, 0.3) is 0 Å². The van der Waals surface area contributed by atoms with Crippen LogP contribution in [0.4, 0.5) is 8.78 Å². The summed E-state index contributed by atoms with van der Waals surface area (Å²) >= 11 is 9.10. The van der Waals surface area contributed by atoms with Crippen molar-refractivity contribution in [3.63, 3.8) is 0 Å². The third-order valence-electron chi connectivity index (χ3n) is 4.93. The van der Waals surface area contributed by atoms with Crippen molar-refractivity contribution in [3.8, 4) is 5.75 Å². The van der Waals surface area contributed by atoms with Crippen LogP contribution in [0.1, 0.15) is 18.4 Å². The minimum absolute atomic E-state index is 0.0191. The summed E-state index contributed by atoms with van der Waals surface area (Å²) < 4.78 is 56.0. The highest BCUT2D eigenvalue weighted by Gasteiger charge is 2.36. The van der Waals surface area contributed by atoms with E-state index >= 15 is 0 Å². The number of carbonyl (C=O) groups is 1. The summed E-state index contributed by atoms with van der Waals surface area (Å²) in [4.78, 5) is 14.3. The smallest absolute Gasteiger partial charge is 0.387 e. The molecule has 1 aliphatic rings. The number of ether oxygens (including phenoxy) is 1. The number of benzene rings is 2. The van der Waals surface area contributed by atoms with Crippen LogP contribution in [0, 0.1) is 0 Å². The van der Waals surface area contributed by atoms with Gasteiger partial charge in [0.05, 0.1) is 10.1 Å². The summed E-state index contributed by atoms with van der Waals surface area (Å²) in [5.41, 5.74) is 0.475. The monoisotopic (exact) mass is 521 g/mol. The van der Waals surface area contributed by atoms with Crippen molar-refractivity contribution in [3.05, 3.63) is 57.5 Å². The molecule has 5 nitrogen and oxygen atoms in total. The summed E-state index contributed by atoms with van der Waals surface area (Å²) in [6.45, 7) is -2.53. The molecule has 0 radical (unpaired) electrons. The molecular weight excluding hydrogens is 504 g/mol. The number of halogens is 4. The number of hydrogen-bond acceptors (Lipinski definition) is 4. The molecule has 162 valence electrons. The zero-order valence-corrected chi connectivity index (χ0v) is 18.9. The molecule has 3 rings (SSSR count). The van der Waals surface area contributed by atoms with Crippen molar-refractivity contribution < 1.29 is 26.7 Å². The molecule has 1 heterocycles. The molecule has 30 heavy (non-hydrogen) atoms. The van der Waals surface area contributed by atoms with Crippen LogP contribution in [0.3, 0.4) is 0 Å². The maximum absolute atomic E-state index is 12.8. The maximum Gasteiger partial charge on any atom is 0.387 e. The van der Waals surface area contributed by atoms with Crippen LogP contribution < -0.4 is 4.74 Å². The first-order chi connectivity index (χ1) is 14.2. The van der Waals surface area contributed by atoms with Gasteiger partial charge in [0.2, 0.25) is 5.91 Å².